The number of unbranched alkanes of at least 4 members (excludes halogenated alkanes) is 19. The summed E-state index contributed by atoms with van der Waals surface area (Å²) in [6.45, 7) is 2.55. The number of esters is 2. The van der Waals surface area contributed by atoms with E-state index in [-0.39, 0.29) is 26.1 Å². The van der Waals surface area contributed by atoms with Gasteiger partial charge in [-0.1, -0.05) is 136 Å². The number of aliphatic hydroxyl groups is 7. The van der Waals surface area contributed by atoms with Crippen LogP contribution < -0.4 is 0 Å². The van der Waals surface area contributed by atoms with Crippen LogP contribution in [0.3, 0.4) is 0 Å². The fraction of sp³-hybridized carbons (Fsp3) is 0.952. The van der Waals surface area contributed by atoms with E-state index in [0.29, 0.717) is 12.8 Å². The lowest BCUT2D eigenvalue weighted by Gasteiger charge is -2.42. The normalized spacial score (nSPS) is 28.3. The van der Waals surface area contributed by atoms with Crippen LogP contribution >= 0.6 is 0 Å². The molecule has 4 unspecified atom stereocenters. The Morgan fingerprint density at radius 3 is 1.37 bits per heavy atom. The molecule has 57 heavy (non-hydrogen) atoms. The topological polar surface area (TPSA) is 231 Å². The molecule has 2 aliphatic rings. The summed E-state index contributed by atoms with van der Waals surface area (Å²) in [7, 11) is 0. The average Bonchev–Trinajstić information content (AvgIpc) is 3.20. The smallest absolute Gasteiger partial charge is 0.306 e. The summed E-state index contributed by atoms with van der Waals surface area (Å²) in [6, 6.07) is 0. The van der Waals surface area contributed by atoms with Crippen LogP contribution in [0.25, 0.3) is 0 Å². The fourth-order valence-electron chi connectivity index (χ4n) is 7.10. The van der Waals surface area contributed by atoms with Crippen molar-refractivity contribution in [2.75, 3.05) is 26.4 Å². The second-order valence-electron chi connectivity index (χ2n) is 15.9. The Hall–Kier alpha value is -1.50. The molecule has 0 radical (unpaired) electrons. The van der Waals surface area contributed by atoms with E-state index in [1.165, 1.54) is 83.5 Å². The SMILES string of the molecule is CCCCCCCCCCCCCC(=O)OC[C@H](CO[C@@H]1O[C@H](CO[C@@H]2O[C@H](CO)[C@H](O)C(O)C2O)[C@H](O)C(O)C1O)OC(=O)CCCCCCCCCCCC. The summed E-state index contributed by atoms with van der Waals surface area (Å²) in [5.41, 5.74) is 0. The van der Waals surface area contributed by atoms with Crippen molar-refractivity contribution in [3.05, 3.63) is 0 Å². The summed E-state index contributed by atoms with van der Waals surface area (Å²) >= 11 is 0. The first-order valence-corrected chi connectivity index (χ1v) is 22.1. The molecule has 0 bridgehead atoms. The number of aliphatic hydroxyl groups excluding tert-OH is 7. The Balaban J connectivity index is 1.87. The van der Waals surface area contributed by atoms with Crippen LogP contribution in [0.2, 0.25) is 0 Å². The second-order valence-corrected chi connectivity index (χ2v) is 15.9. The molecule has 0 spiro atoms. The Morgan fingerprint density at radius 2 is 0.895 bits per heavy atom. The van der Waals surface area contributed by atoms with E-state index in [2.05, 4.69) is 13.8 Å². The predicted octanol–water partition coefficient (Wildman–Crippen LogP) is 4.09. The van der Waals surface area contributed by atoms with Gasteiger partial charge in [-0.2, -0.15) is 0 Å². The highest BCUT2D eigenvalue weighted by molar-refractivity contribution is 5.70. The summed E-state index contributed by atoms with van der Waals surface area (Å²) in [4.78, 5) is 25.5. The standard InChI is InChI=1S/C42H78O15/c1-3-5-7-9-11-13-15-17-18-20-22-24-33(44)52-27-30(55-34(45)25-23-21-19-16-14-12-10-8-6-4-2)28-53-41-40(51)38(49)36(47)32(57-41)29-54-42-39(50)37(48)35(46)31(26-43)56-42/h30-32,35-43,46-51H,3-29H2,1-2H3/t30-,31-,32-,35+,36+,37?,38?,39?,40?,41-,42-/m1/s1. The zero-order chi connectivity index (χ0) is 41.8. The van der Waals surface area contributed by atoms with Crippen molar-refractivity contribution < 1.29 is 73.8 Å². The average molecular weight is 823 g/mol. The van der Waals surface area contributed by atoms with E-state index in [1.807, 2.05) is 0 Å². The molecule has 0 aliphatic carbocycles. The van der Waals surface area contributed by atoms with Crippen molar-refractivity contribution in [3.63, 3.8) is 0 Å². The van der Waals surface area contributed by atoms with Gasteiger partial charge in [-0.05, 0) is 12.8 Å². The Morgan fingerprint density at radius 1 is 0.491 bits per heavy atom. The van der Waals surface area contributed by atoms with Gasteiger partial charge in [0.1, 0.15) is 55.4 Å². The maximum Gasteiger partial charge on any atom is 0.306 e. The molecule has 0 saturated carbocycles. The zero-order valence-electron chi connectivity index (χ0n) is 34.8. The third-order valence-electron chi connectivity index (χ3n) is 10.8. The van der Waals surface area contributed by atoms with Crippen molar-refractivity contribution in [2.24, 2.45) is 0 Å². The summed E-state index contributed by atoms with van der Waals surface area (Å²) in [6.07, 6.45) is 7.31. The van der Waals surface area contributed by atoms with E-state index in [9.17, 15) is 45.3 Å². The van der Waals surface area contributed by atoms with E-state index in [4.69, 9.17) is 28.4 Å². The van der Waals surface area contributed by atoms with Crippen molar-refractivity contribution in [3.8, 4) is 0 Å². The molecule has 0 aromatic carbocycles. The van der Waals surface area contributed by atoms with E-state index in [1.54, 1.807) is 0 Å². The lowest BCUT2D eigenvalue weighted by molar-refractivity contribution is -0.332. The van der Waals surface area contributed by atoms with Crippen molar-refractivity contribution in [2.45, 2.75) is 229 Å². The van der Waals surface area contributed by atoms with Gasteiger partial charge in [0.25, 0.3) is 0 Å². The van der Waals surface area contributed by atoms with Gasteiger partial charge in [0, 0.05) is 12.8 Å². The van der Waals surface area contributed by atoms with Gasteiger partial charge in [-0.25, -0.2) is 0 Å². The maximum atomic E-state index is 12.9. The summed E-state index contributed by atoms with van der Waals surface area (Å²) in [5, 5.41) is 71.7. The lowest BCUT2D eigenvalue weighted by atomic mass is 9.98. The lowest BCUT2D eigenvalue weighted by Crippen LogP contribution is -2.61. The number of carbonyl (C=O) groups excluding carboxylic acids is 2. The predicted molar refractivity (Wildman–Crippen MR) is 211 cm³/mol. The molecule has 2 saturated heterocycles. The minimum atomic E-state index is -1.76. The number of hydrogen-bond donors (Lipinski definition) is 7. The van der Waals surface area contributed by atoms with Crippen molar-refractivity contribution in [1.29, 1.82) is 0 Å². The van der Waals surface area contributed by atoms with Gasteiger partial charge < -0.3 is 64.2 Å². The van der Waals surface area contributed by atoms with Crippen LogP contribution in [0, 0.1) is 0 Å². The van der Waals surface area contributed by atoms with E-state index < -0.39 is 92.7 Å². The van der Waals surface area contributed by atoms with Crippen molar-refractivity contribution >= 4 is 11.9 Å². The van der Waals surface area contributed by atoms with Crippen LogP contribution in [0.4, 0.5) is 0 Å². The third kappa shape index (κ3) is 21.0. The fourth-order valence-corrected chi connectivity index (χ4v) is 7.10. The molecule has 7 N–H and O–H groups in total. The third-order valence-corrected chi connectivity index (χ3v) is 10.8. The van der Waals surface area contributed by atoms with Gasteiger partial charge in [-0.3, -0.25) is 9.59 Å². The molecule has 336 valence electrons. The van der Waals surface area contributed by atoms with Gasteiger partial charge in [0.15, 0.2) is 18.7 Å². The van der Waals surface area contributed by atoms with Gasteiger partial charge in [0.2, 0.25) is 0 Å². The highest BCUT2D eigenvalue weighted by Crippen LogP contribution is 2.26. The number of ether oxygens (including phenoxy) is 6. The molecule has 11 atom stereocenters. The number of carbonyl (C=O) groups is 2. The van der Waals surface area contributed by atoms with Crippen LogP contribution in [0.15, 0.2) is 0 Å². The molecule has 2 rings (SSSR count). The first-order chi connectivity index (χ1) is 27.5. The molecular weight excluding hydrogens is 744 g/mol. The zero-order valence-corrected chi connectivity index (χ0v) is 34.8. The van der Waals surface area contributed by atoms with Crippen LogP contribution in [0.1, 0.15) is 162 Å². The maximum absolute atomic E-state index is 12.9. The van der Waals surface area contributed by atoms with Gasteiger partial charge in [-0.15, -0.1) is 0 Å². The molecular formula is C42H78O15. The molecule has 15 heteroatoms. The van der Waals surface area contributed by atoms with Crippen LogP contribution in [-0.4, -0.2) is 142 Å². The number of rotatable bonds is 33. The molecule has 2 aliphatic heterocycles. The second kappa shape index (κ2) is 31.4. The largest absolute Gasteiger partial charge is 0.462 e. The van der Waals surface area contributed by atoms with Crippen LogP contribution in [-0.2, 0) is 38.0 Å². The molecule has 0 aromatic heterocycles. The van der Waals surface area contributed by atoms with Gasteiger partial charge >= 0.3 is 11.9 Å². The monoisotopic (exact) mass is 823 g/mol. The number of hydrogen-bond acceptors (Lipinski definition) is 15. The van der Waals surface area contributed by atoms with Gasteiger partial charge in [0.05, 0.1) is 19.8 Å². The minimum absolute atomic E-state index is 0.171. The quantitative estimate of drug-likeness (QED) is 0.0365. The van der Waals surface area contributed by atoms with E-state index >= 15 is 0 Å². The molecule has 2 fully saturated rings. The first kappa shape index (κ1) is 51.6. The molecule has 15 nitrogen and oxygen atoms in total. The summed E-state index contributed by atoms with van der Waals surface area (Å²) in [5.74, 6) is -0.921. The van der Waals surface area contributed by atoms with Crippen LogP contribution in [0.5, 0.6) is 0 Å². The highest BCUT2D eigenvalue weighted by atomic mass is 16.7. The molecule has 2 heterocycles. The molecule has 0 amide bonds. The first-order valence-electron chi connectivity index (χ1n) is 22.1. The minimum Gasteiger partial charge on any atom is -0.462 e. The van der Waals surface area contributed by atoms with E-state index in [0.717, 1.165) is 38.5 Å². The van der Waals surface area contributed by atoms with Crippen molar-refractivity contribution in [1.82, 2.24) is 0 Å². The summed E-state index contributed by atoms with van der Waals surface area (Å²) < 4.78 is 33.4. The molecule has 0 aromatic rings. The Kier molecular flexibility index (Phi) is 28.4. The highest BCUT2D eigenvalue weighted by Gasteiger charge is 2.47. The Labute approximate surface area is 340 Å². The Bertz CT molecular complexity index is 1020.